The maximum absolute atomic E-state index is 12.7. The highest BCUT2D eigenvalue weighted by molar-refractivity contribution is 5.29. The second-order valence-corrected chi connectivity index (χ2v) is 4.84. The van der Waals surface area contributed by atoms with Crippen molar-refractivity contribution in [1.29, 1.82) is 0 Å². The smallest absolute Gasteiger partial charge is 0.404 e. The molecule has 2 atom stereocenters. The van der Waals surface area contributed by atoms with Crippen molar-refractivity contribution in [3.8, 4) is 5.88 Å². The summed E-state index contributed by atoms with van der Waals surface area (Å²) in [7, 11) is 2.98. The summed E-state index contributed by atoms with van der Waals surface area (Å²) in [6.07, 6.45) is -2.14. The van der Waals surface area contributed by atoms with Crippen LogP contribution in [0, 0.1) is 0 Å². The van der Waals surface area contributed by atoms with Crippen LogP contribution in [0.15, 0.2) is 12.3 Å². The average Bonchev–Trinajstić information content (AvgIpc) is 2.37. The molecule has 0 saturated carbocycles. The van der Waals surface area contributed by atoms with Gasteiger partial charge in [-0.15, -0.1) is 0 Å². The van der Waals surface area contributed by atoms with E-state index in [1.165, 1.54) is 19.1 Å². The Kier molecular flexibility index (Phi) is 4.32. The monoisotopic (exact) mass is 290 g/mol. The molecule has 0 bridgehead atoms. The Morgan fingerprint density at radius 1 is 1.40 bits per heavy atom. The number of aromatic nitrogens is 2. The van der Waals surface area contributed by atoms with Crippen LogP contribution in [0.2, 0.25) is 0 Å². The molecular formula is C12H17F3N4O. The van der Waals surface area contributed by atoms with E-state index in [9.17, 15) is 13.2 Å². The van der Waals surface area contributed by atoms with Gasteiger partial charge in [-0.2, -0.15) is 18.2 Å². The number of anilines is 1. The van der Waals surface area contributed by atoms with E-state index in [1.807, 2.05) is 0 Å². The molecule has 2 heterocycles. The molecule has 0 spiro atoms. The zero-order chi connectivity index (χ0) is 14.8. The van der Waals surface area contributed by atoms with E-state index >= 15 is 0 Å². The van der Waals surface area contributed by atoms with Gasteiger partial charge in [-0.1, -0.05) is 0 Å². The van der Waals surface area contributed by atoms with Gasteiger partial charge in [-0.05, 0) is 19.9 Å². The minimum Gasteiger partial charge on any atom is -0.481 e. The summed E-state index contributed by atoms with van der Waals surface area (Å²) < 4.78 is 43.2. The zero-order valence-corrected chi connectivity index (χ0v) is 11.3. The molecule has 1 aromatic heterocycles. The van der Waals surface area contributed by atoms with Gasteiger partial charge in [0.15, 0.2) is 0 Å². The third-order valence-corrected chi connectivity index (χ3v) is 3.38. The van der Waals surface area contributed by atoms with E-state index in [0.29, 0.717) is 24.8 Å². The highest BCUT2D eigenvalue weighted by atomic mass is 19.4. The number of likely N-dealkylation sites (N-methyl/N-ethyl adjacent to an activating group) is 1. The van der Waals surface area contributed by atoms with E-state index in [0.717, 1.165) is 0 Å². The summed E-state index contributed by atoms with van der Waals surface area (Å²) in [6.45, 7) is 0.296. The molecule has 2 rings (SSSR count). The summed E-state index contributed by atoms with van der Waals surface area (Å²) in [5, 5.41) is 3.05. The van der Waals surface area contributed by atoms with Crippen molar-refractivity contribution in [1.82, 2.24) is 14.9 Å². The molecule has 1 aromatic rings. The maximum Gasteiger partial charge on any atom is 0.404 e. The lowest BCUT2D eigenvalue weighted by Crippen LogP contribution is -2.52. The molecule has 112 valence electrons. The van der Waals surface area contributed by atoms with Crippen LogP contribution in [0.25, 0.3) is 0 Å². The van der Waals surface area contributed by atoms with E-state index in [-0.39, 0.29) is 12.5 Å². The number of hydrogen-bond acceptors (Lipinski definition) is 5. The van der Waals surface area contributed by atoms with Crippen LogP contribution < -0.4 is 10.1 Å². The molecule has 0 amide bonds. The quantitative estimate of drug-likeness (QED) is 0.921. The predicted octanol–water partition coefficient (Wildman–Crippen LogP) is 1.92. The van der Waals surface area contributed by atoms with E-state index in [2.05, 4.69) is 15.3 Å². The van der Waals surface area contributed by atoms with Gasteiger partial charge in [0.25, 0.3) is 0 Å². The van der Waals surface area contributed by atoms with Crippen molar-refractivity contribution in [3.63, 3.8) is 0 Å². The van der Waals surface area contributed by atoms with Gasteiger partial charge in [0, 0.05) is 24.8 Å². The Morgan fingerprint density at radius 2 is 2.15 bits per heavy atom. The Balaban J connectivity index is 1.96. The first-order valence-corrected chi connectivity index (χ1v) is 6.30. The number of piperidine rings is 1. The number of nitrogens with one attached hydrogen (secondary N) is 1. The first-order chi connectivity index (χ1) is 9.40. The summed E-state index contributed by atoms with van der Waals surface area (Å²) in [6, 6.07) is 0.134. The van der Waals surface area contributed by atoms with Crippen LogP contribution in [0.1, 0.15) is 12.8 Å². The first kappa shape index (κ1) is 14.8. The number of likely N-dealkylation sites (tertiary alicyclic amines) is 1. The summed E-state index contributed by atoms with van der Waals surface area (Å²) in [5.74, 6) is 0.785. The molecule has 1 fully saturated rings. The second-order valence-electron chi connectivity index (χ2n) is 4.84. The lowest BCUT2D eigenvalue weighted by atomic mass is 9.98. The SMILES string of the molecule is COc1ccnc(N[C@@H]2CC[C@@H](C(F)(F)F)N(C)C2)n1. The van der Waals surface area contributed by atoms with Crippen molar-refractivity contribution in [3.05, 3.63) is 12.3 Å². The van der Waals surface area contributed by atoms with Gasteiger partial charge in [-0.25, -0.2) is 4.98 Å². The van der Waals surface area contributed by atoms with Gasteiger partial charge in [-0.3, -0.25) is 4.90 Å². The van der Waals surface area contributed by atoms with Crippen molar-refractivity contribution in [2.24, 2.45) is 0 Å². The fraction of sp³-hybridized carbons (Fsp3) is 0.667. The number of ether oxygens (including phenoxy) is 1. The molecule has 0 unspecified atom stereocenters. The molecule has 0 aromatic carbocycles. The molecule has 0 radical (unpaired) electrons. The minimum absolute atomic E-state index is 0.0711. The normalized spacial score (nSPS) is 24.4. The van der Waals surface area contributed by atoms with Crippen molar-refractivity contribution >= 4 is 5.95 Å². The van der Waals surface area contributed by atoms with Crippen molar-refractivity contribution < 1.29 is 17.9 Å². The van der Waals surface area contributed by atoms with E-state index in [4.69, 9.17) is 4.74 Å². The van der Waals surface area contributed by atoms with Crippen LogP contribution in [-0.4, -0.2) is 53.8 Å². The Hall–Kier alpha value is -1.57. The topological polar surface area (TPSA) is 50.3 Å². The van der Waals surface area contributed by atoms with Gasteiger partial charge in [0.1, 0.15) is 6.04 Å². The van der Waals surface area contributed by atoms with Crippen molar-refractivity contribution in [2.45, 2.75) is 31.1 Å². The van der Waals surface area contributed by atoms with Crippen LogP contribution in [0.5, 0.6) is 5.88 Å². The van der Waals surface area contributed by atoms with Gasteiger partial charge < -0.3 is 10.1 Å². The molecule has 1 aliphatic rings. The highest BCUT2D eigenvalue weighted by Gasteiger charge is 2.44. The highest BCUT2D eigenvalue weighted by Crippen LogP contribution is 2.31. The Labute approximate surface area is 115 Å². The first-order valence-electron chi connectivity index (χ1n) is 6.30. The molecule has 1 saturated heterocycles. The van der Waals surface area contributed by atoms with Gasteiger partial charge in [0.2, 0.25) is 11.8 Å². The second kappa shape index (κ2) is 5.82. The van der Waals surface area contributed by atoms with Crippen molar-refractivity contribution in [2.75, 3.05) is 26.0 Å². The minimum atomic E-state index is -4.17. The van der Waals surface area contributed by atoms with Crippen LogP contribution in [0.4, 0.5) is 19.1 Å². The van der Waals surface area contributed by atoms with Crippen LogP contribution in [0.3, 0.4) is 0 Å². The van der Waals surface area contributed by atoms with Crippen LogP contribution in [-0.2, 0) is 0 Å². The number of nitrogens with zero attached hydrogens (tertiary/aromatic N) is 3. The average molecular weight is 290 g/mol. The fourth-order valence-electron chi connectivity index (χ4n) is 2.38. The largest absolute Gasteiger partial charge is 0.481 e. The molecule has 1 aliphatic heterocycles. The zero-order valence-electron chi connectivity index (χ0n) is 11.3. The molecule has 0 aliphatic carbocycles. The predicted molar refractivity (Wildman–Crippen MR) is 67.7 cm³/mol. The molecule has 5 nitrogen and oxygen atoms in total. The summed E-state index contributed by atoms with van der Waals surface area (Å²) >= 11 is 0. The standard InChI is InChI=1S/C12H17F3N4O/c1-19-7-8(3-4-9(19)12(13,14)15)17-11-16-6-5-10(18-11)20-2/h5-6,8-9H,3-4,7H2,1-2H3,(H,16,17,18)/t8-,9+/m1/s1. The summed E-state index contributed by atoms with van der Waals surface area (Å²) in [5.41, 5.74) is 0. The van der Waals surface area contributed by atoms with E-state index < -0.39 is 12.2 Å². The molecule has 20 heavy (non-hydrogen) atoms. The third kappa shape index (κ3) is 3.50. The number of methoxy groups -OCH3 is 1. The lowest BCUT2D eigenvalue weighted by molar-refractivity contribution is -0.187. The maximum atomic E-state index is 12.7. The lowest BCUT2D eigenvalue weighted by Gasteiger charge is -2.38. The number of rotatable bonds is 3. The molecular weight excluding hydrogens is 273 g/mol. The summed E-state index contributed by atoms with van der Waals surface area (Å²) in [4.78, 5) is 9.45. The van der Waals surface area contributed by atoms with E-state index in [1.54, 1.807) is 12.3 Å². The number of hydrogen-bond donors (Lipinski definition) is 1. The number of alkyl halides is 3. The Morgan fingerprint density at radius 3 is 2.75 bits per heavy atom. The fourth-order valence-corrected chi connectivity index (χ4v) is 2.38. The molecule has 1 N–H and O–H groups in total. The number of halogens is 3. The van der Waals surface area contributed by atoms with Gasteiger partial charge >= 0.3 is 6.18 Å². The third-order valence-electron chi connectivity index (χ3n) is 3.38. The van der Waals surface area contributed by atoms with Gasteiger partial charge in [0.05, 0.1) is 7.11 Å². The Bertz CT molecular complexity index is 455. The molecule has 8 heteroatoms. The van der Waals surface area contributed by atoms with Crippen LogP contribution >= 0.6 is 0 Å².